The van der Waals surface area contributed by atoms with Gasteiger partial charge in [-0.1, -0.05) is 29.8 Å². The SMILES string of the molecule is C/C=C1/CN2[C@@H]3C[C@@]45c6ccccc6N[C@]4(O3)[C@@H]2C[C@@H]1C5C(=O)OC. The molecule has 4 heterocycles. The average molecular weight is 338 g/mol. The molecule has 25 heavy (non-hydrogen) atoms. The van der Waals surface area contributed by atoms with Crippen molar-refractivity contribution in [3.05, 3.63) is 41.5 Å². The Morgan fingerprint density at radius 3 is 3.08 bits per heavy atom. The maximum atomic E-state index is 13.1. The van der Waals surface area contributed by atoms with Crippen LogP contribution in [0, 0.1) is 11.8 Å². The van der Waals surface area contributed by atoms with E-state index in [0.717, 1.165) is 25.1 Å². The number of ether oxygens (including phenoxy) is 2. The van der Waals surface area contributed by atoms with Gasteiger partial charge in [0.05, 0.1) is 24.5 Å². The zero-order valence-corrected chi connectivity index (χ0v) is 14.5. The van der Waals surface area contributed by atoms with E-state index in [2.05, 4.69) is 47.5 Å². The van der Waals surface area contributed by atoms with Gasteiger partial charge in [-0.25, -0.2) is 0 Å². The summed E-state index contributed by atoms with van der Waals surface area (Å²) in [5.41, 5.74) is 2.89. The number of methoxy groups -OCH3 is 1. The molecule has 6 atom stereocenters. The topological polar surface area (TPSA) is 50.8 Å². The number of fused-ring (bicyclic) bond motifs is 4. The number of allylic oxidation sites excluding steroid dienone is 1. The van der Waals surface area contributed by atoms with Gasteiger partial charge in [-0.2, -0.15) is 0 Å². The number of piperidine rings is 2. The highest BCUT2D eigenvalue weighted by Crippen LogP contribution is 2.72. The third-order valence-corrected chi connectivity index (χ3v) is 7.53. The van der Waals surface area contributed by atoms with E-state index in [1.807, 2.05) is 0 Å². The molecule has 4 bridgehead atoms. The van der Waals surface area contributed by atoms with Crippen LogP contribution in [0.3, 0.4) is 0 Å². The van der Waals surface area contributed by atoms with Crippen LogP contribution in [0.4, 0.5) is 5.69 Å². The Bertz CT molecular complexity index is 836. The summed E-state index contributed by atoms with van der Waals surface area (Å²) in [5, 5.41) is 3.73. The number of anilines is 1. The van der Waals surface area contributed by atoms with Crippen LogP contribution in [-0.4, -0.2) is 42.5 Å². The number of nitrogens with one attached hydrogen (secondary N) is 1. The first kappa shape index (κ1) is 14.3. The Morgan fingerprint density at radius 1 is 1.44 bits per heavy atom. The molecule has 1 spiro atoms. The Hall–Kier alpha value is -1.85. The second-order valence-corrected chi connectivity index (χ2v) is 8.05. The summed E-state index contributed by atoms with van der Waals surface area (Å²) >= 11 is 0. The number of benzene rings is 1. The number of rotatable bonds is 1. The normalized spacial score (nSPS) is 46.9. The van der Waals surface area contributed by atoms with Gasteiger partial charge in [0.1, 0.15) is 6.23 Å². The lowest BCUT2D eigenvalue weighted by Gasteiger charge is -2.60. The van der Waals surface area contributed by atoms with Crippen molar-refractivity contribution in [1.29, 1.82) is 0 Å². The summed E-state index contributed by atoms with van der Waals surface area (Å²) in [6.07, 6.45) is 4.10. The Balaban J connectivity index is 1.67. The van der Waals surface area contributed by atoms with Crippen molar-refractivity contribution in [3.63, 3.8) is 0 Å². The number of carbonyl (C=O) groups is 1. The summed E-state index contributed by atoms with van der Waals surface area (Å²) in [6.45, 7) is 2.99. The number of esters is 1. The molecule has 5 nitrogen and oxygen atoms in total. The van der Waals surface area contributed by atoms with E-state index in [1.165, 1.54) is 18.2 Å². The fraction of sp³-hybridized carbons (Fsp3) is 0.550. The minimum atomic E-state index is -0.490. The zero-order chi connectivity index (χ0) is 17.0. The first-order chi connectivity index (χ1) is 12.2. The van der Waals surface area contributed by atoms with Gasteiger partial charge < -0.3 is 14.8 Å². The van der Waals surface area contributed by atoms with Crippen molar-refractivity contribution in [2.24, 2.45) is 11.8 Å². The predicted molar refractivity (Wildman–Crippen MR) is 91.8 cm³/mol. The van der Waals surface area contributed by atoms with Crippen LogP contribution in [0.5, 0.6) is 0 Å². The highest BCUT2D eigenvalue weighted by molar-refractivity contribution is 5.81. The van der Waals surface area contributed by atoms with E-state index in [1.54, 1.807) is 0 Å². The molecular weight excluding hydrogens is 316 g/mol. The average Bonchev–Trinajstić information content (AvgIpc) is 3.22. The molecule has 3 saturated heterocycles. The molecule has 130 valence electrons. The molecule has 5 aliphatic rings. The van der Waals surface area contributed by atoms with Crippen LogP contribution in [0.15, 0.2) is 35.9 Å². The molecule has 6 rings (SSSR count). The van der Waals surface area contributed by atoms with Crippen molar-refractivity contribution in [2.45, 2.75) is 43.2 Å². The number of nitrogens with zero attached hydrogens (tertiary/aromatic N) is 1. The Kier molecular flexibility index (Phi) is 2.45. The Morgan fingerprint density at radius 2 is 2.28 bits per heavy atom. The molecule has 1 aromatic rings. The Labute approximate surface area is 147 Å². The minimum Gasteiger partial charge on any atom is -0.469 e. The first-order valence-electron chi connectivity index (χ1n) is 9.20. The highest BCUT2D eigenvalue weighted by atomic mass is 16.6. The van der Waals surface area contributed by atoms with E-state index >= 15 is 0 Å². The molecular formula is C20H22N2O3. The van der Waals surface area contributed by atoms with Crippen LogP contribution in [0.25, 0.3) is 0 Å². The molecule has 1 aliphatic carbocycles. The molecule has 1 aromatic carbocycles. The molecule has 1 saturated carbocycles. The van der Waals surface area contributed by atoms with Crippen LogP contribution in [0.1, 0.15) is 25.3 Å². The van der Waals surface area contributed by atoms with Crippen molar-refractivity contribution >= 4 is 11.7 Å². The lowest BCUT2D eigenvalue weighted by molar-refractivity contribution is -0.161. The lowest BCUT2D eigenvalue weighted by atomic mass is 9.49. The molecule has 4 aliphatic heterocycles. The van der Waals surface area contributed by atoms with E-state index in [4.69, 9.17) is 9.47 Å². The first-order valence-corrected chi connectivity index (χ1v) is 9.20. The second-order valence-electron chi connectivity index (χ2n) is 8.05. The molecule has 0 radical (unpaired) electrons. The highest BCUT2D eigenvalue weighted by Gasteiger charge is 2.82. The van der Waals surface area contributed by atoms with Crippen LogP contribution >= 0.6 is 0 Å². The van der Waals surface area contributed by atoms with E-state index < -0.39 is 5.72 Å². The van der Waals surface area contributed by atoms with Crippen molar-refractivity contribution < 1.29 is 14.3 Å². The lowest BCUT2D eigenvalue weighted by Crippen LogP contribution is -2.73. The summed E-state index contributed by atoms with van der Waals surface area (Å²) in [6, 6.07) is 8.74. The van der Waals surface area contributed by atoms with E-state index in [0.29, 0.717) is 6.04 Å². The third kappa shape index (κ3) is 1.30. The minimum absolute atomic E-state index is 0.0780. The van der Waals surface area contributed by atoms with Crippen molar-refractivity contribution in [3.8, 4) is 0 Å². The number of carbonyl (C=O) groups excluding carboxylic acids is 1. The summed E-state index contributed by atoms with van der Waals surface area (Å²) < 4.78 is 12.0. The fourth-order valence-corrected chi connectivity index (χ4v) is 6.75. The number of para-hydroxylation sites is 1. The second kappa shape index (κ2) is 4.27. The number of hydrogen-bond donors (Lipinski definition) is 1. The zero-order valence-electron chi connectivity index (χ0n) is 14.5. The number of hydrogen-bond acceptors (Lipinski definition) is 5. The van der Waals surface area contributed by atoms with Crippen LogP contribution in [0.2, 0.25) is 0 Å². The van der Waals surface area contributed by atoms with Crippen molar-refractivity contribution in [1.82, 2.24) is 4.90 Å². The maximum Gasteiger partial charge on any atom is 0.310 e. The van der Waals surface area contributed by atoms with Gasteiger partial charge in [0, 0.05) is 18.7 Å². The largest absolute Gasteiger partial charge is 0.469 e. The molecule has 0 aromatic heterocycles. The van der Waals surface area contributed by atoms with Gasteiger partial charge in [-0.15, -0.1) is 0 Å². The monoisotopic (exact) mass is 338 g/mol. The van der Waals surface area contributed by atoms with Gasteiger partial charge in [-0.05, 0) is 30.9 Å². The van der Waals surface area contributed by atoms with Gasteiger partial charge in [-0.3, -0.25) is 9.69 Å². The molecule has 1 N–H and O–H groups in total. The quantitative estimate of drug-likeness (QED) is 0.629. The van der Waals surface area contributed by atoms with E-state index in [-0.39, 0.29) is 29.4 Å². The molecule has 1 unspecified atom stereocenters. The van der Waals surface area contributed by atoms with E-state index in [9.17, 15) is 4.79 Å². The summed E-state index contributed by atoms with van der Waals surface area (Å²) in [4.78, 5) is 15.6. The fourth-order valence-electron chi connectivity index (χ4n) is 6.75. The van der Waals surface area contributed by atoms with Crippen molar-refractivity contribution in [2.75, 3.05) is 19.0 Å². The van der Waals surface area contributed by atoms with Gasteiger partial charge in [0.15, 0.2) is 5.72 Å². The summed E-state index contributed by atoms with van der Waals surface area (Å²) in [7, 11) is 1.52. The molecule has 4 fully saturated rings. The molecule has 5 heteroatoms. The predicted octanol–water partition coefficient (Wildman–Crippen LogP) is 2.25. The molecule has 0 amide bonds. The van der Waals surface area contributed by atoms with Gasteiger partial charge >= 0.3 is 5.97 Å². The summed E-state index contributed by atoms with van der Waals surface area (Å²) in [5.74, 6) is -0.0451. The van der Waals surface area contributed by atoms with Gasteiger partial charge in [0.25, 0.3) is 0 Å². The van der Waals surface area contributed by atoms with Crippen LogP contribution in [-0.2, 0) is 19.7 Å². The smallest absolute Gasteiger partial charge is 0.310 e. The third-order valence-electron chi connectivity index (χ3n) is 7.53. The standard InChI is InChI=1S/C20H22N2O3/c1-3-11-10-22-15-8-12(11)17(18(23)24-2)19-9-16(22)25-20(15,19)21-14-7-5-4-6-13(14)19/h3-7,12,15-17,21H,8-10H2,1-2H3/b11-3-/t12-,15-,16-,17?,19-,20-/m0/s1. The maximum absolute atomic E-state index is 13.1. The van der Waals surface area contributed by atoms with Gasteiger partial charge in [0.2, 0.25) is 0 Å². The van der Waals surface area contributed by atoms with Crippen LogP contribution < -0.4 is 5.32 Å².